The van der Waals surface area contributed by atoms with Gasteiger partial charge in [0.1, 0.15) is 6.54 Å². The van der Waals surface area contributed by atoms with E-state index in [1.807, 2.05) is 4.57 Å². The Kier molecular flexibility index (Phi) is 4.19. The van der Waals surface area contributed by atoms with Crippen LogP contribution in [0.4, 0.5) is 0 Å². The smallest absolute Gasteiger partial charge is 0.240 e. The van der Waals surface area contributed by atoms with E-state index in [1.165, 1.54) is 24.0 Å². The van der Waals surface area contributed by atoms with E-state index in [9.17, 15) is 4.79 Å². The first-order valence-electron chi connectivity index (χ1n) is 8.24. The maximum Gasteiger partial charge on any atom is 0.240 e. The topological polar surface area (TPSA) is 46.9 Å². The number of nitrogens with zero attached hydrogens (tertiary/aromatic N) is 2. The van der Waals surface area contributed by atoms with Gasteiger partial charge < -0.3 is 9.88 Å². The Morgan fingerprint density at radius 2 is 1.91 bits per heavy atom. The quantitative estimate of drug-likeness (QED) is 0.944. The second kappa shape index (κ2) is 6.11. The lowest BCUT2D eigenvalue weighted by molar-refractivity contribution is -0.122. The number of benzene rings is 1. The highest BCUT2D eigenvalue weighted by atomic mass is 16.2. The minimum Gasteiger partial charge on any atom is -0.352 e. The van der Waals surface area contributed by atoms with E-state index in [4.69, 9.17) is 0 Å². The number of carbonyl (C=O) groups excluding carboxylic acids is 1. The zero-order valence-corrected chi connectivity index (χ0v) is 13.7. The van der Waals surface area contributed by atoms with Crippen molar-refractivity contribution in [2.45, 2.75) is 59.0 Å². The van der Waals surface area contributed by atoms with Crippen molar-refractivity contribution in [1.82, 2.24) is 14.9 Å². The number of carbonyl (C=O) groups is 1. The molecule has 1 heterocycles. The van der Waals surface area contributed by atoms with Crippen LogP contribution in [0.1, 0.15) is 43.7 Å². The second-order valence-electron chi connectivity index (χ2n) is 6.82. The van der Waals surface area contributed by atoms with Crippen LogP contribution < -0.4 is 5.32 Å². The third-order valence-corrected chi connectivity index (χ3v) is 4.93. The summed E-state index contributed by atoms with van der Waals surface area (Å²) < 4.78 is 1.95. The van der Waals surface area contributed by atoms with Crippen molar-refractivity contribution in [3.63, 3.8) is 0 Å². The molecule has 1 fully saturated rings. The van der Waals surface area contributed by atoms with Gasteiger partial charge in [0.05, 0.1) is 17.4 Å². The van der Waals surface area contributed by atoms with Gasteiger partial charge in [-0.3, -0.25) is 4.79 Å². The molecule has 1 aromatic carbocycles. The highest BCUT2D eigenvalue weighted by Crippen LogP contribution is 2.23. The van der Waals surface area contributed by atoms with Crippen LogP contribution in [0.25, 0.3) is 11.0 Å². The maximum atomic E-state index is 12.3. The van der Waals surface area contributed by atoms with E-state index in [2.05, 4.69) is 43.2 Å². The molecular weight excluding hydrogens is 274 g/mol. The summed E-state index contributed by atoms with van der Waals surface area (Å²) in [4.78, 5) is 16.7. The molecular formula is C18H25N3O. The van der Waals surface area contributed by atoms with Gasteiger partial charge in [-0.05, 0) is 68.7 Å². The number of rotatable bonds is 3. The summed E-state index contributed by atoms with van der Waals surface area (Å²) in [6.07, 6.45) is 6.42. The Hall–Kier alpha value is -1.84. The van der Waals surface area contributed by atoms with Gasteiger partial charge in [0.2, 0.25) is 5.91 Å². The average Bonchev–Trinajstić information content (AvgIpc) is 2.84. The predicted molar refractivity (Wildman–Crippen MR) is 88.8 cm³/mol. The maximum absolute atomic E-state index is 12.3. The lowest BCUT2D eigenvalue weighted by Gasteiger charge is -2.27. The van der Waals surface area contributed by atoms with Crippen LogP contribution in [0, 0.1) is 19.8 Å². The Morgan fingerprint density at radius 3 is 2.64 bits per heavy atom. The molecule has 4 nitrogen and oxygen atoms in total. The van der Waals surface area contributed by atoms with Gasteiger partial charge in [-0.25, -0.2) is 4.98 Å². The van der Waals surface area contributed by atoms with Crippen molar-refractivity contribution in [1.29, 1.82) is 0 Å². The normalized spacial score (nSPS) is 22.0. The molecule has 2 aromatic rings. The molecule has 3 rings (SSSR count). The number of aryl methyl sites for hydroxylation is 2. The first kappa shape index (κ1) is 15.1. The fourth-order valence-corrected chi connectivity index (χ4v) is 3.27. The number of fused-ring (bicyclic) bond motifs is 1. The van der Waals surface area contributed by atoms with Crippen molar-refractivity contribution in [2.24, 2.45) is 5.92 Å². The van der Waals surface area contributed by atoms with Crippen LogP contribution in [0.15, 0.2) is 18.5 Å². The molecule has 0 atom stereocenters. The van der Waals surface area contributed by atoms with Crippen molar-refractivity contribution in [3.8, 4) is 0 Å². The molecule has 22 heavy (non-hydrogen) atoms. The monoisotopic (exact) mass is 299 g/mol. The predicted octanol–water partition coefficient (Wildman–Crippen LogP) is 3.35. The van der Waals surface area contributed by atoms with Crippen LogP contribution in [-0.4, -0.2) is 21.5 Å². The minimum atomic E-state index is 0.0945. The standard InChI is InChI=1S/C18H25N3O/c1-12-4-6-15(7-5-12)20-18(22)10-21-11-19-16-8-13(2)14(3)9-17(16)21/h8-9,11-12,15H,4-7,10H2,1-3H3,(H,20,22). The number of imidazole rings is 1. The SMILES string of the molecule is Cc1cc2ncn(CC(=O)NC3CCC(C)CC3)c2cc1C. The summed E-state index contributed by atoms with van der Waals surface area (Å²) in [6.45, 7) is 6.82. The summed E-state index contributed by atoms with van der Waals surface area (Å²) in [7, 11) is 0. The molecule has 1 amide bonds. The summed E-state index contributed by atoms with van der Waals surface area (Å²) in [5.74, 6) is 0.897. The van der Waals surface area contributed by atoms with E-state index in [0.717, 1.165) is 29.8 Å². The zero-order chi connectivity index (χ0) is 15.7. The lowest BCUT2D eigenvalue weighted by Crippen LogP contribution is -2.39. The van der Waals surface area contributed by atoms with E-state index in [0.29, 0.717) is 12.6 Å². The number of nitrogens with one attached hydrogen (secondary N) is 1. The van der Waals surface area contributed by atoms with Gasteiger partial charge in [0, 0.05) is 6.04 Å². The summed E-state index contributed by atoms with van der Waals surface area (Å²) in [5.41, 5.74) is 4.47. The van der Waals surface area contributed by atoms with E-state index >= 15 is 0 Å². The molecule has 1 N–H and O–H groups in total. The largest absolute Gasteiger partial charge is 0.352 e. The van der Waals surface area contributed by atoms with Crippen LogP contribution in [-0.2, 0) is 11.3 Å². The lowest BCUT2D eigenvalue weighted by atomic mass is 9.87. The Morgan fingerprint density at radius 1 is 1.23 bits per heavy atom. The van der Waals surface area contributed by atoms with Crippen molar-refractivity contribution < 1.29 is 4.79 Å². The number of amides is 1. The zero-order valence-electron chi connectivity index (χ0n) is 13.7. The van der Waals surface area contributed by atoms with Gasteiger partial charge in [-0.2, -0.15) is 0 Å². The van der Waals surface area contributed by atoms with E-state index in [1.54, 1.807) is 6.33 Å². The average molecular weight is 299 g/mol. The summed E-state index contributed by atoms with van der Waals surface area (Å²) in [6, 6.07) is 4.55. The first-order chi connectivity index (χ1) is 10.5. The van der Waals surface area contributed by atoms with Gasteiger partial charge in [-0.15, -0.1) is 0 Å². The second-order valence-corrected chi connectivity index (χ2v) is 6.82. The minimum absolute atomic E-state index is 0.0945. The van der Waals surface area contributed by atoms with Crippen LogP contribution >= 0.6 is 0 Å². The molecule has 1 aliphatic rings. The van der Waals surface area contributed by atoms with Crippen molar-refractivity contribution in [3.05, 3.63) is 29.6 Å². The molecule has 4 heteroatoms. The van der Waals surface area contributed by atoms with Gasteiger partial charge >= 0.3 is 0 Å². The molecule has 1 saturated carbocycles. The number of hydrogen-bond donors (Lipinski definition) is 1. The Bertz CT molecular complexity index is 681. The Labute approximate surface area is 131 Å². The number of aromatic nitrogens is 2. The molecule has 0 radical (unpaired) electrons. The molecule has 0 bridgehead atoms. The molecule has 1 aromatic heterocycles. The van der Waals surface area contributed by atoms with Gasteiger partial charge in [0.25, 0.3) is 0 Å². The fourth-order valence-electron chi connectivity index (χ4n) is 3.27. The number of hydrogen-bond acceptors (Lipinski definition) is 2. The van der Waals surface area contributed by atoms with E-state index < -0.39 is 0 Å². The molecule has 1 aliphatic carbocycles. The molecule has 0 aliphatic heterocycles. The first-order valence-corrected chi connectivity index (χ1v) is 8.24. The highest BCUT2D eigenvalue weighted by Gasteiger charge is 2.20. The fraction of sp³-hybridized carbons (Fsp3) is 0.556. The molecule has 0 spiro atoms. The van der Waals surface area contributed by atoms with Crippen LogP contribution in [0.2, 0.25) is 0 Å². The van der Waals surface area contributed by atoms with Crippen LogP contribution in [0.5, 0.6) is 0 Å². The van der Waals surface area contributed by atoms with Gasteiger partial charge in [-0.1, -0.05) is 6.92 Å². The third kappa shape index (κ3) is 3.16. The molecule has 0 unspecified atom stereocenters. The van der Waals surface area contributed by atoms with Crippen LogP contribution in [0.3, 0.4) is 0 Å². The van der Waals surface area contributed by atoms with Crippen molar-refractivity contribution >= 4 is 16.9 Å². The Balaban J connectivity index is 1.68. The summed E-state index contributed by atoms with van der Waals surface area (Å²) >= 11 is 0. The summed E-state index contributed by atoms with van der Waals surface area (Å²) in [5, 5.41) is 3.18. The molecule has 118 valence electrons. The highest BCUT2D eigenvalue weighted by molar-refractivity contribution is 5.81. The third-order valence-electron chi connectivity index (χ3n) is 4.93. The molecule has 0 saturated heterocycles. The van der Waals surface area contributed by atoms with E-state index in [-0.39, 0.29) is 5.91 Å². The van der Waals surface area contributed by atoms with Gasteiger partial charge in [0.15, 0.2) is 0 Å². The van der Waals surface area contributed by atoms with Crippen molar-refractivity contribution in [2.75, 3.05) is 0 Å².